The van der Waals surface area contributed by atoms with Crippen LogP contribution in [0.15, 0.2) is 30.3 Å². The van der Waals surface area contributed by atoms with Gasteiger partial charge in [-0.05, 0) is 61.6 Å². The monoisotopic (exact) mass is 313 g/mol. The molecule has 0 aliphatic rings. The van der Waals surface area contributed by atoms with Gasteiger partial charge in [-0.1, -0.05) is 35.4 Å². The third-order valence-electron chi connectivity index (χ3n) is 3.98. The van der Waals surface area contributed by atoms with Crippen LogP contribution in [0.2, 0.25) is 5.02 Å². The first-order valence-corrected chi connectivity index (χ1v) is 7.63. The molecule has 0 saturated heterocycles. The topological polar surface area (TPSA) is 33.0 Å². The molecule has 0 amide bonds. The lowest BCUT2D eigenvalue weighted by Crippen LogP contribution is -2.04. The van der Waals surface area contributed by atoms with E-state index in [0.717, 1.165) is 5.56 Å². The molecule has 2 aromatic carbocycles. The Hall–Kier alpha value is -1.98. The van der Waals surface area contributed by atoms with E-state index in [1.807, 2.05) is 18.2 Å². The van der Waals surface area contributed by atoms with Crippen molar-refractivity contribution in [3.05, 3.63) is 63.2 Å². The summed E-state index contributed by atoms with van der Waals surface area (Å²) in [6, 6.07) is 12.3. The van der Waals surface area contributed by atoms with E-state index in [2.05, 4.69) is 39.0 Å². The minimum Gasteiger partial charge on any atom is -0.495 e. The number of hydrogen-bond donors (Lipinski definition) is 0. The molecule has 114 valence electrons. The number of halogens is 1. The Kier molecular flexibility index (Phi) is 5.11. The van der Waals surface area contributed by atoms with Gasteiger partial charge in [0.15, 0.2) is 0 Å². The molecule has 0 spiro atoms. The first kappa shape index (κ1) is 16.4. The summed E-state index contributed by atoms with van der Waals surface area (Å²) < 4.78 is 5.17. The standard InChI is InChI=1S/C19H20ClNO/c1-12-7-13(2)17(14(3)8-12)9-16(11-21)15-5-6-19(22-4)18(20)10-15/h5-8,10,16H,9H2,1-4H3. The molecule has 0 radical (unpaired) electrons. The van der Waals surface area contributed by atoms with Crippen molar-refractivity contribution in [2.24, 2.45) is 0 Å². The maximum atomic E-state index is 9.57. The average molecular weight is 314 g/mol. The number of nitriles is 1. The molecule has 2 rings (SSSR count). The van der Waals surface area contributed by atoms with Crippen LogP contribution in [0.1, 0.15) is 33.7 Å². The zero-order chi connectivity index (χ0) is 16.3. The molecule has 2 aromatic rings. The van der Waals surface area contributed by atoms with E-state index < -0.39 is 0 Å². The fraction of sp³-hybridized carbons (Fsp3) is 0.316. The van der Waals surface area contributed by atoms with E-state index in [9.17, 15) is 5.26 Å². The smallest absolute Gasteiger partial charge is 0.137 e. The van der Waals surface area contributed by atoms with Crippen molar-refractivity contribution in [2.45, 2.75) is 33.1 Å². The second kappa shape index (κ2) is 6.85. The van der Waals surface area contributed by atoms with Crippen molar-refractivity contribution in [2.75, 3.05) is 7.11 Å². The molecule has 0 N–H and O–H groups in total. The van der Waals surface area contributed by atoms with Gasteiger partial charge < -0.3 is 4.74 Å². The molecular weight excluding hydrogens is 294 g/mol. The second-order valence-corrected chi connectivity index (χ2v) is 6.06. The zero-order valence-electron chi connectivity index (χ0n) is 13.4. The highest BCUT2D eigenvalue weighted by Crippen LogP contribution is 2.31. The van der Waals surface area contributed by atoms with Crippen LogP contribution in [0, 0.1) is 32.1 Å². The SMILES string of the molecule is COc1ccc(C(C#N)Cc2c(C)cc(C)cc2C)cc1Cl. The molecule has 1 atom stereocenters. The number of nitrogens with zero attached hydrogens (tertiary/aromatic N) is 1. The zero-order valence-corrected chi connectivity index (χ0v) is 14.2. The van der Waals surface area contributed by atoms with Crippen LogP contribution in [0.3, 0.4) is 0 Å². The molecule has 0 aromatic heterocycles. The number of benzene rings is 2. The van der Waals surface area contributed by atoms with E-state index in [1.54, 1.807) is 7.11 Å². The van der Waals surface area contributed by atoms with E-state index >= 15 is 0 Å². The Bertz CT molecular complexity index is 708. The summed E-state index contributed by atoms with van der Waals surface area (Å²) in [5, 5.41) is 10.1. The average Bonchev–Trinajstić information content (AvgIpc) is 2.46. The van der Waals surface area contributed by atoms with Crippen molar-refractivity contribution in [1.29, 1.82) is 5.26 Å². The van der Waals surface area contributed by atoms with Crippen LogP contribution >= 0.6 is 11.6 Å². The predicted molar refractivity (Wildman–Crippen MR) is 90.7 cm³/mol. The van der Waals surface area contributed by atoms with E-state index in [-0.39, 0.29) is 5.92 Å². The maximum absolute atomic E-state index is 9.57. The summed E-state index contributed by atoms with van der Waals surface area (Å²) in [4.78, 5) is 0. The highest BCUT2D eigenvalue weighted by Gasteiger charge is 2.16. The second-order valence-electron chi connectivity index (χ2n) is 5.66. The molecule has 0 bridgehead atoms. The van der Waals surface area contributed by atoms with Crippen molar-refractivity contribution >= 4 is 11.6 Å². The van der Waals surface area contributed by atoms with Crippen LogP contribution in [0.25, 0.3) is 0 Å². The first-order chi connectivity index (χ1) is 10.5. The number of rotatable bonds is 4. The van der Waals surface area contributed by atoms with Crippen LogP contribution in [-0.2, 0) is 6.42 Å². The van der Waals surface area contributed by atoms with Gasteiger partial charge in [-0.15, -0.1) is 0 Å². The predicted octanol–water partition coefficient (Wildman–Crippen LogP) is 5.12. The molecule has 22 heavy (non-hydrogen) atoms. The third kappa shape index (κ3) is 3.43. The van der Waals surface area contributed by atoms with E-state index in [4.69, 9.17) is 16.3 Å². The molecule has 0 heterocycles. The van der Waals surface area contributed by atoms with E-state index in [1.165, 1.54) is 22.3 Å². The first-order valence-electron chi connectivity index (χ1n) is 7.26. The minimum absolute atomic E-state index is 0.219. The molecule has 0 fully saturated rings. The van der Waals surface area contributed by atoms with Gasteiger partial charge in [-0.3, -0.25) is 0 Å². The van der Waals surface area contributed by atoms with Gasteiger partial charge in [0, 0.05) is 0 Å². The fourth-order valence-electron chi connectivity index (χ4n) is 2.87. The van der Waals surface area contributed by atoms with Gasteiger partial charge >= 0.3 is 0 Å². The fourth-order valence-corrected chi connectivity index (χ4v) is 3.14. The van der Waals surface area contributed by atoms with Crippen molar-refractivity contribution < 1.29 is 4.74 Å². The van der Waals surface area contributed by atoms with E-state index in [0.29, 0.717) is 17.2 Å². The number of methoxy groups -OCH3 is 1. The van der Waals surface area contributed by atoms with Crippen LogP contribution < -0.4 is 4.74 Å². The lowest BCUT2D eigenvalue weighted by atomic mass is 9.88. The highest BCUT2D eigenvalue weighted by atomic mass is 35.5. The number of aryl methyl sites for hydroxylation is 3. The van der Waals surface area contributed by atoms with Gasteiger partial charge in [0.2, 0.25) is 0 Å². The number of hydrogen-bond acceptors (Lipinski definition) is 2. The highest BCUT2D eigenvalue weighted by molar-refractivity contribution is 6.32. The van der Waals surface area contributed by atoms with Crippen molar-refractivity contribution in [1.82, 2.24) is 0 Å². The van der Waals surface area contributed by atoms with Crippen molar-refractivity contribution in [3.63, 3.8) is 0 Å². The third-order valence-corrected chi connectivity index (χ3v) is 4.28. The van der Waals surface area contributed by atoms with Crippen molar-refractivity contribution in [3.8, 4) is 11.8 Å². The Labute approximate surface area is 137 Å². The van der Waals surface area contributed by atoms with Gasteiger partial charge in [0.25, 0.3) is 0 Å². The summed E-state index contributed by atoms with van der Waals surface area (Å²) in [6.45, 7) is 6.30. The minimum atomic E-state index is -0.219. The Morgan fingerprint density at radius 2 is 1.77 bits per heavy atom. The van der Waals surface area contributed by atoms with Gasteiger partial charge in [0.1, 0.15) is 5.75 Å². The van der Waals surface area contributed by atoms with Crippen LogP contribution in [-0.4, -0.2) is 7.11 Å². The summed E-state index contributed by atoms with van der Waals surface area (Å²) in [6.07, 6.45) is 0.692. The lowest BCUT2D eigenvalue weighted by Gasteiger charge is -2.16. The summed E-state index contributed by atoms with van der Waals surface area (Å²) in [5.74, 6) is 0.410. The van der Waals surface area contributed by atoms with Gasteiger partial charge in [-0.2, -0.15) is 5.26 Å². The molecule has 1 unspecified atom stereocenters. The van der Waals surface area contributed by atoms with Gasteiger partial charge in [0.05, 0.1) is 24.1 Å². The lowest BCUT2D eigenvalue weighted by molar-refractivity contribution is 0.415. The summed E-state index contributed by atoms with van der Waals surface area (Å²) >= 11 is 6.18. The quantitative estimate of drug-likeness (QED) is 0.784. The maximum Gasteiger partial charge on any atom is 0.137 e. The summed E-state index contributed by atoms with van der Waals surface area (Å²) in [5.41, 5.74) is 5.88. The normalized spacial score (nSPS) is 11.8. The number of ether oxygens (including phenoxy) is 1. The molecule has 0 saturated carbocycles. The Morgan fingerprint density at radius 3 is 2.27 bits per heavy atom. The molecule has 0 aliphatic heterocycles. The Morgan fingerprint density at radius 1 is 1.14 bits per heavy atom. The molecule has 0 aliphatic carbocycles. The molecule has 2 nitrogen and oxygen atoms in total. The molecule has 3 heteroatoms. The van der Waals surface area contributed by atoms with Gasteiger partial charge in [-0.25, -0.2) is 0 Å². The molecular formula is C19H20ClNO. The Balaban J connectivity index is 2.35. The van der Waals surface area contributed by atoms with Crippen LogP contribution in [0.4, 0.5) is 0 Å². The summed E-state index contributed by atoms with van der Waals surface area (Å²) in [7, 11) is 1.59. The largest absolute Gasteiger partial charge is 0.495 e. The van der Waals surface area contributed by atoms with Crippen LogP contribution in [0.5, 0.6) is 5.75 Å².